The van der Waals surface area contributed by atoms with Crippen LogP contribution in [0.3, 0.4) is 0 Å². The standard InChI is InChI=1S/C30H41N2P/c1-20(2)25-16-12-17-26(21(3)4)29(25)31-33(24-14-10-9-11-15-24)32-30-27(22(5)6)18-13-19-28(30)23(7)8/h9-23,31-32H,1-8H3. The zero-order valence-corrected chi connectivity index (χ0v) is 22.5. The molecule has 0 saturated heterocycles. The van der Waals surface area contributed by atoms with Crippen LogP contribution in [0.1, 0.15) is 101 Å². The molecule has 3 aromatic carbocycles. The molecule has 0 saturated carbocycles. The minimum Gasteiger partial charge on any atom is -0.344 e. The fourth-order valence-electron chi connectivity index (χ4n) is 4.32. The van der Waals surface area contributed by atoms with E-state index in [1.165, 1.54) is 38.9 Å². The Balaban J connectivity index is 2.15. The molecule has 176 valence electrons. The Labute approximate surface area is 203 Å². The summed E-state index contributed by atoms with van der Waals surface area (Å²) in [4.78, 5) is 0. The summed E-state index contributed by atoms with van der Waals surface area (Å²) in [5, 5.41) is 9.36. The Morgan fingerprint density at radius 1 is 0.455 bits per heavy atom. The summed E-state index contributed by atoms with van der Waals surface area (Å²) in [6.07, 6.45) is 0. The van der Waals surface area contributed by atoms with Gasteiger partial charge in [-0.15, -0.1) is 0 Å². The SMILES string of the molecule is CC(C)c1cccc(C(C)C)c1NP(Nc1c(C(C)C)cccc1C(C)C)c1ccccc1. The first-order valence-corrected chi connectivity index (χ1v) is 13.7. The zero-order valence-electron chi connectivity index (χ0n) is 21.6. The van der Waals surface area contributed by atoms with Crippen molar-refractivity contribution in [3.8, 4) is 0 Å². The summed E-state index contributed by atoms with van der Waals surface area (Å²) in [5.74, 6) is 1.81. The maximum absolute atomic E-state index is 4.03. The molecule has 0 aliphatic heterocycles. The number of hydrogen-bond acceptors (Lipinski definition) is 2. The second kappa shape index (κ2) is 11.2. The molecule has 0 fully saturated rings. The second-order valence-electron chi connectivity index (χ2n) is 10.1. The van der Waals surface area contributed by atoms with E-state index in [-0.39, 0.29) is 0 Å². The lowest BCUT2D eigenvalue weighted by Gasteiger charge is -2.30. The molecule has 0 spiro atoms. The van der Waals surface area contributed by atoms with Crippen LogP contribution in [0.4, 0.5) is 11.4 Å². The highest BCUT2D eigenvalue weighted by Gasteiger charge is 2.22. The van der Waals surface area contributed by atoms with Crippen molar-refractivity contribution in [3.05, 3.63) is 89.0 Å². The average Bonchev–Trinajstić information content (AvgIpc) is 2.78. The molecule has 0 aliphatic carbocycles. The van der Waals surface area contributed by atoms with Gasteiger partial charge in [-0.05, 0) is 45.9 Å². The van der Waals surface area contributed by atoms with E-state index in [4.69, 9.17) is 0 Å². The topological polar surface area (TPSA) is 24.1 Å². The van der Waals surface area contributed by atoms with Gasteiger partial charge in [0.2, 0.25) is 0 Å². The first-order chi connectivity index (χ1) is 15.7. The van der Waals surface area contributed by atoms with Crippen molar-refractivity contribution in [2.45, 2.75) is 79.1 Å². The highest BCUT2D eigenvalue weighted by Crippen LogP contribution is 2.45. The molecule has 2 nitrogen and oxygen atoms in total. The van der Waals surface area contributed by atoms with Crippen molar-refractivity contribution in [1.82, 2.24) is 0 Å². The predicted molar refractivity (Wildman–Crippen MR) is 149 cm³/mol. The van der Waals surface area contributed by atoms with E-state index in [1.807, 2.05) is 0 Å². The van der Waals surface area contributed by atoms with Crippen molar-refractivity contribution in [3.63, 3.8) is 0 Å². The van der Waals surface area contributed by atoms with Gasteiger partial charge in [0, 0.05) is 16.7 Å². The molecule has 0 heterocycles. The Morgan fingerprint density at radius 2 is 0.788 bits per heavy atom. The van der Waals surface area contributed by atoms with Gasteiger partial charge in [0.05, 0.1) is 0 Å². The fourth-order valence-corrected chi connectivity index (χ4v) is 6.07. The fraction of sp³-hybridized carbons (Fsp3) is 0.400. The number of hydrogen-bond donors (Lipinski definition) is 2. The lowest BCUT2D eigenvalue weighted by Crippen LogP contribution is -2.17. The summed E-state index contributed by atoms with van der Waals surface area (Å²) in [6.45, 7) is 18.3. The summed E-state index contributed by atoms with van der Waals surface area (Å²) in [5.41, 5.74) is 8.11. The van der Waals surface area contributed by atoms with Gasteiger partial charge in [0.1, 0.15) is 8.22 Å². The molecule has 0 unspecified atom stereocenters. The zero-order chi connectivity index (χ0) is 24.1. The molecule has 2 N–H and O–H groups in total. The quantitative estimate of drug-likeness (QED) is 0.311. The molecule has 0 atom stereocenters. The lowest BCUT2D eigenvalue weighted by molar-refractivity contribution is 0.839. The number of rotatable bonds is 9. The summed E-state index contributed by atoms with van der Waals surface area (Å²) in [6, 6.07) is 24.4. The van der Waals surface area contributed by atoms with Crippen LogP contribution < -0.4 is 15.5 Å². The Kier molecular flexibility index (Phi) is 8.60. The molecular formula is C30H41N2P. The Bertz CT molecular complexity index is 920. The average molecular weight is 461 g/mol. The van der Waals surface area contributed by atoms with Crippen molar-refractivity contribution in [2.75, 3.05) is 10.2 Å². The lowest BCUT2D eigenvalue weighted by atomic mass is 9.93. The third-order valence-electron chi connectivity index (χ3n) is 6.21. The van der Waals surface area contributed by atoms with E-state index in [1.54, 1.807) is 0 Å². The van der Waals surface area contributed by atoms with Crippen LogP contribution in [0.2, 0.25) is 0 Å². The van der Waals surface area contributed by atoms with Crippen LogP contribution in [0.5, 0.6) is 0 Å². The van der Waals surface area contributed by atoms with Gasteiger partial charge >= 0.3 is 0 Å². The maximum atomic E-state index is 4.03. The Hall–Kier alpha value is -2.31. The smallest absolute Gasteiger partial charge is 0.123 e. The number of nitrogens with one attached hydrogen (secondary N) is 2. The van der Waals surface area contributed by atoms with Crippen molar-refractivity contribution in [1.29, 1.82) is 0 Å². The van der Waals surface area contributed by atoms with Crippen LogP contribution in [0, 0.1) is 0 Å². The van der Waals surface area contributed by atoms with E-state index in [2.05, 4.69) is 132 Å². The van der Waals surface area contributed by atoms with Gasteiger partial charge in [0.25, 0.3) is 0 Å². The van der Waals surface area contributed by atoms with Crippen LogP contribution in [-0.2, 0) is 0 Å². The second-order valence-corrected chi connectivity index (χ2v) is 11.8. The number of benzene rings is 3. The Morgan fingerprint density at radius 3 is 1.09 bits per heavy atom. The molecular weight excluding hydrogens is 419 g/mol. The van der Waals surface area contributed by atoms with E-state index < -0.39 is 8.22 Å². The molecule has 0 bridgehead atoms. The molecule has 0 aliphatic rings. The van der Waals surface area contributed by atoms with Crippen molar-refractivity contribution < 1.29 is 0 Å². The summed E-state index contributed by atoms with van der Waals surface area (Å²) >= 11 is 0. The highest BCUT2D eigenvalue weighted by atomic mass is 31.1. The predicted octanol–water partition coefficient (Wildman–Crippen LogP) is 9.34. The largest absolute Gasteiger partial charge is 0.344 e. The molecule has 3 rings (SSSR count). The minimum atomic E-state index is -0.872. The van der Waals surface area contributed by atoms with Crippen LogP contribution in [0.25, 0.3) is 0 Å². The van der Waals surface area contributed by atoms with E-state index in [0.29, 0.717) is 23.7 Å². The van der Waals surface area contributed by atoms with Gasteiger partial charge in [-0.3, -0.25) is 0 Å². The number of anilines is 2. The van der Waals surface area contributed by atoms with Crippen LogP contribution in [0.15, 0.2) is 66.7 Å². The van der Waals surface area contributed by atoms with Crippen LogP contribution >= 0.6 is 8.22 Å². The van der Waals surface area contributed by atoms with Gasteiger partial charge in [0.15, 0.2) is 0 Å². The first-order valence-electron chi connectivity index (χ1n) is 12.3. The normalized spacial score (nSPS) is 11.8. The highest BCUT2D eigenvalue weighted by molar-refractivity contribution is 7.68. The summed E-state index contributed by atoms with van der Waals surface area (Å²) in [7, 11) is -0.872. The molecule has 0 radical (unpaired) electrons. The molecule has 0 amide bonds. The van der Waals surface area contributed by atoms with E-state index in [9.17, 15) is 0 Å². The van der Waals surface area contributed by atoms with Crippen molar-refractivity contribution >= 4 is 24.9 Å². The van der Waals surface area contributed by atoms with Crippen molar-refractivity contribution in [2.24, 2.45) is 0 Å². The van der Waals surface area contributed by atoms with Gasteiger partial charge in [-0.1, -0.05) is 122 Å². The third-order valence-corrected chi connectivity index (χ3v) is 7.92. The van der Waals surface area contributed by atoms with E-state index in [0.717, 1.165) is 0 Å². The van der Waals surface area contributed by atoms with Gasteiger partial charge < -0.3 is 10.2 Å². The molecule has 33 heavy (non-hydrogen) atoms. The third kappa shape index (κ3) is 5.98. The molecule has 0 aromatic heterocycles. The summed E-state index contributed by atoms with van der Waals surface area (Å²) < 4.78 is 0. The van der Waals surface area contributed by atoms with Crippen LogP contribution in [-0.4, -0.2) is 0 Å². The molecule has 3 heteroatoms. The minimum absolute atomic E-state index is 0.452. The maximum Gasteiger partial charge on any atom is 0.123 e. The first kappa shape index (κ1) is 25.3. The number of para-hydroxylation sites is 2. The van der Waals surface area contributed by atoms with Gasteiger partial charge in [-0.2, -0.15) is 0 Å². The van der Waals surface area contributed by atoms with Gasteiger partial charge in [-0.25, -0.2) is 0 Å². The monoisotopic (exact) mass is 460 g/mol. The molecule has 3 aromatic rings. The van der Waals surface area contributed by atoms with E-state index >= 15 is 0 Å².